The van der Waals surface area contributed by atoms with Gasteiger partial charge in [-0.1, -0.05) is 20.8 Å². The van der Waals surface area contributed by atoms with E-state index in [0.717, 1.165) is 13.0 Å². The third-order valence-electron chi connectivity index (χ3n) is 3.55. The Hall–Kier alpha value is -0.570. The second-order valence-electron chi connectivity index (χ2n) is 4.86. The molecule has 0 rings (SSSR count). The van der Waals surface area contributed by atoms with Crippen LogP contribution >= 0.6 is 0 Å². The fourth-order valence-electron chi connectivity index (χ4n) is 2.04. The Balaban J connectivity index is 4.76. The number of carbonyl (C=O) groups is 1. The van der Waals surface area contributed by atoms with Crippen molar-refractivity contribution in [1.29, 1.82) is 0 Å². The highest BCUT2D eigenvalue weighted by Gasteiger charge is 2.36. The lowest BCUT2D eigenvalue weighted by molar-refractivity contribution is -0.151. The summed E-state index contributed by atoms with van der Waals surface area (Å²) in [5, 5.41) is 9.40. The maximum atomic E-state index is 11.4. The van der Waals surface area contributed by atoms with E-state index in [2.05, 4.69) is 25.7 Å². The van der Waals surface area contributed by atoms with Gasteiger partial charge in [-0.2, -0.15) is 0 Å². The van der Waals surface area contributed by atoms with Crippen LogP contribution in [0.5, 0.6) is 0 Å². The Bertz CT molecular complexity index is 210. The normalized spacial score (nSPS) is 12.4. The van der Waals surface area contributed by atoms with E-state index in [1.54, 1.807) is 0 Å². The van der Waals surface area contributed by atoms with E-state index >= 15 is 0 Å². The van der Waals surface area contributed by atoms with Gasteiger partial charge in [0, 0.05) is 12.6 Å². The zero-order valence-corrected chi connectivity index (χ0v) is 11.4. The van der Waals surface area contributed by atoms with Gasteiger partial charge in [0.25, 0.3) is 0 Å². The second-order valence-corrected chi connectivity index (χ2v) is 4.86. The molecule has 3 nitrogen and oxygen atoms in total. The van der Waals surface area contributed by atoms with Gasteiger partial charge in [0.1, 0.15) is 0 Å². The Kier molecular flexibility index (Phi) is 6.65. The molecule has 0 aromatic heterocycles. The quantitative estimate of drug-likeness (QED) is 0.695. The van der Waals surface area contributed by atoms with Crippen LogP contribution in [0.2, 0.25) is 0 Å². The van der Waals surface area contributed by atoms with Crippen LogP contribution in [0.25, 0.3) is 0 Å². The zero-order chi connectivity index (χ0) is 12.8. The number of carboxylic acids is 1. The minimum absolute atomic E-state index is 0.414. The topological polar surface area (TPSA) is 40.5 Å². The summed E-state index contributed by atoms with van der Waals surface area (Å²) in [6.07, 6.45) is 2.47. The standard InChI is InChI=1S/C13H27NO2/c1-6-9-14(11(4)5)10-13(7-2,8-3)12(15)16/h11H,6-10H2,1-5H3,(H,15,16). The molecule has 0 atom stereocenters. The van der Waals surface area contributed by atoms with Crippen molar-refractivity contribution in [2.75, 3.05) is 13.1 Å². The monoisotopic (exact) mass is 229 g/mol. The van der Waals surface area contributed by atoms with Gasteiger partial charge >= 0.3 is 5.97 Å². The molecule has 0 aromatic carbocycles. The summed E-state index contributed by atoms with van der Waals surface area (Å²) in [6.45, 7) is 12.0. The smallest absolute Gasteiger partial charge is 0.310 e. The average molecular weight is 229 g/mol. The minimum atomic E-state index is -0.653. The molecule has 0 aromatic rings. The predicted molar refractivity (Wildman–Crippen MR) is 67.7 cm³/mol. The Morgan fingerprint density at radius 2 is 1.75 bits per heavy atom. The van der Waals surface area contributed by atoms with Crippen molar-refractivity contribution in [3.8, 4) is 0 Å². The molecule has 0 unspecified atom stereocenters. The number of hydrogen-bond donors (Lipinski definition) is 1. The maximum Gasteiger partial charge on any atom is 0.310 e. The first-order chi connectivity index (χ1) is 7.43. The molecule has 0 aliphatic heterocycles. The SMILES string of the molecule is CCCN(CC(CC)(CC)C(=O)O)C(C)C. The summed E-state index contributed by atoms with van der Waals surface area (Å²) in [7, 11) is 0. The third-order valence-corrected chi connectivity index (χ3v) is 3.55. The highest BCUT2D eigenvalue weighted by Crippen LogP contribution is 2.28. The first-order valence-corrected chi connectivity index (χ1v) is 6.41. The summed E-state index contributed by atoms with van der Waals surface area (Å²) >= 11 is 0. The van der Waals surface area contributed by atoms with E-state index in [4.69, 9.17) is 0 Å². The summed E-state index contributed by atoms with van der Waals surface area (Å²) in [4.78, 5) is 13.7. The van der Waals surface area contributed by atoms with Crippen LogP contribution in [0.3, 0.4) is 0 Å². The molecule has 0 bridgehead atoms. The molecule has 16 heavy (non-hydrogen) atoms. The zero-order valence-electron chi connectivity index (χ0n) is 11.4. The van der Waals surface area contributed by atoms with Crippen molar-refractivity contribution in [3.05, 3.63) is 0 Å². The van der Waals surface area contributed by atoms with Crippen molar-refractivity contribution in [3.63, 3.8) is 0 Å². The third kappa shape index (κ3) is 3.78. The molecule has 0 spiro atoms. The lowest BCUT2D eigenvalue weighted by Crippen LogP contribution is -2.45. The summed E-state index contributed by atoms with van der Waals surface area (Å²) < 4.78 is 0. The van der Waals surface area contributed by atoms with E-state index in [1.807, 2.05) is 13.8 Å². The molecular weight excluding hydrogens is 202 g/mol. The van der Waals surface area contributed by atoms with Gasteiger partial charge in [-0.25, -0.2) is 0 Å². The number of aliphatic carboxylic acids is 1. The molecule has 0 saturated heterocycles. The molecule has 96 valence electrons. The maximum absolute atomic E-state index is 11.4. The van der Waals surface area contributed by atoms with Crippen LogP contribution in [0.15, 0.2) is 0 Å². The van der Waals surface area contributed by atoms with Crippen molar-refractivity contribution < 1.29 is 9.90 Å². The molecular formula is C13H27NO2. The van der Waals surface area contributed by atoms with Crippen molar-refractivity contribution in [2.45, 2.75) is 59.9 Å². The van der Waals surface area contributed by atoms with E-state index < -0.39 is 11.4 Å². The fraction of sp³-hybridized carbons (Fsp3) is 0.923. The van der Waals surface area contributed by atoms with Crippen molar-refractivity contribution in [1.82, 2.24) is 4.90 Å². The molecule has 3 heteroatoms. The van der Waals surface area contributed by atoms with Gasteiger partial charge in [0.15, 0.2) is 0 Å². The van der Waals surface area contributed by atoms with E-state index in [0.29, 0.717) is 25.4 Å². The Labute approximate surface area is 99.8 Å². The van der Waals surface area contributed by atoms with Gasteiger partial charge in [-0.3, -0.25) is 9.69 Å². The van der Waals surface area contributed by atoms with Crippen LogP contribution in [0, 0.1) is 5.41 Å². The number of nitrogens with zero attached hydrogens (tertiary/aromatic N) is 1. The molecule has 0 fully saturated rings. The van der Waals surface area contributed by atoms with Gasteiger partial charge in [-0.05, 0) is 39.7 Å². The van der Waals surface area contributed by atoms with E-state index in [9.17, 15) is 9.90 Å². The van der Waals surface area contributed by atoms with Gasteiger partial charge in [0.05, 0.1) is 5.41 Å². The molecule has 1 N–H and O–H groups in total. The Morgan fingerprint density at radius 1 is 1.25 bits per heavy atom. The molecule has 0 heterocycles. The lowest BCUT2D eigenvalue weighted by atomic mass is 9.81. The van der Waals surface area contributed by atoms with E-state index in [1.165, 1.54) is 0 Å². The van der Waals surface area contributed by atoms with Crippen molar-refractivity contribution in [2.24, 2.45) is 5.41 Å². The van der Waals surface area contributed by atoms with Crippen LogP contribution in [0.1, 0.15) is 53.9 Å². The largest absolute Gasteiger partial charge is 0.481 e. The van der Waals surface area contributed by atoms with Crippen LogP contribution in [-0.2, 0) is 4.79 Å². The van der Waals surface area contributed by atoms with Crippen LogP contribution < -0.4 is 0 Å². The molecule has 0 amide bonds. The highest BCUT2D eigenvalue weighted by molar-refractivity contribution is 5.74. The first kappa shape index (κ1) is 15.4. The number of carboxylic acid groups (broad SMARTS) is 1. The van der Waals surface area contributed by atoms with E-state index in [-0.39, 0.29) is 0 Å². The molecule has 0 radical (unpaired) electrons. The lowest BCUT2D eigenvalue weighted by Gasteiger charge is -2.36. The molecule has 0 saturated carbocycles. The second kappa shape index (κ2) is 6.89. The number of hydrogen-bond acceptors (Lipinski definition) is 2. The summed E-state index contributed by atoms with van der Waals surface area (Å²) in [5.41, 5.74) is -0.570. The summed E-state index contributed by atoms with van der Waals surface area (Å²) in [6, 6.07) is 0.414. The van der Waals surface area contributed by atoms with Crippen LogP contribution in [0.4, 0.5) is 0 Å². The predicted octanol–water partition coefficient (Wildman–Crippen LogP) is 3.00. The highest BCUT2D eigenvalue weighted by atomic mass is 16.4. The van der Waals surface area contributed by atoms with Crippen LogP contribution in [-0.4, -0.2) is 35.1 Å². The minimum Gasteiger partial charge on any atom is -0.481 e. The van der Waals surface area contributed by atoms with Crippen molar-refractivity contribution >= 4 is 5.97 Å². The molecule has 0 aliphatic carbocycles. The van der Waals surface area contributed by atoms with Gasteiger partial charge in [-0.15, -0.1) is 0 Å². The average Bonchev–Trinajstić information content (AvgIpc) is 2.23. The van der Waals surface area contributed by atoms with Gasteiger partial charge in [0.2, 0.25) is 0 Å². The Morgan fingerprint density at radius 3 is 2.00 bits per heavy atom. The molecule has 0 aliphatic rings. The summed E-state index contributed by atoms with van der Waals surface area (Å²) in [5.74, 6) is -0.653. The van der Waals surface area contributed by atoms with Gasteiger partial charge < -0.3 is 5.11 Å². The first-order valence-electron chi connectivity index (χ1n) is 6.41. The number of rotatable bonds is 8. The fourth-order valence-corrected chi connectivity index (χ4v) is 2.04.